The highest BCUT2D eigenvalue weighted by atomic mass is 15.3. The van der Waals surface area contributed by atoms with Crippen LogP contribution in [-0.4, -0.2) is 22.4 Å². The van der Waals surface area contributed by atoms with Crippen LogP contribution < -0.4 is 5.32 Å². The van der Waals surface area contributed by atoms with E-state index in [0.717, 1.165) is 19.5 Å². The summed E-state index contributed by atoms with van der Waals surface area (Å²) >= 11 is 0. The Morgan fingerprint density at radius 2 is 1.83 bits per heavy atom. The first-order valence-electron chi connectivity index (χ1n) is 7.07. The fraction of sp³-hybridized carbons (Fsp3) is 0.800. The Morgan fingerprint density at radius 3 is 2.22 bits per heavy atom. The highest BCUT2D eigenvalue weighted by Crippen LogP contribution is 2.22. The SMILES string of the molecule is CCNC(Cn1nc(C)c(CC)c1C)C(C)(C)C. The molecule has 0 spiro atoms. The second-order valence-electron chi connectivity index (χ2n) is 6.16. The van der Waals surface area contributed by atoms with Gasteiger partial charge < -0.3 is 5.32 Å². The molecule has 0 fully saturated rings. The van der Waals surface area contributed by atoms with Gasteiger partial charge in [0.25, 0.3) is 0 Å². The smallest absolute Gasteiger partial charge is 0.0628 e. The molecule has 3 nitrogen and oxygen atoms in total. The molecule has 0 radical (unpaired) electrons. The molecular weight excluding hydrogens is 222 g/mol. The lowest BCUT2D eigenvalue weighted by atomic mass is 9.86. The van der Waals surface area contributed by atoms with Crippen molar-refractivity contribution in [3.8, 4) is 0 Å². The molecule has 0 bridgehead atoms. The third-order valence-corrected chi connectivity index (χ3v) is 3.74. The fourth-order valence-electron chi connectivity index (χ4n) is 2.49. The Labute approximate surface area is 112 Å². The average Bonchev–Trinajstić information content (AvgIpc) is 2.52. The summed E-state index contributed by atoms with van der Waals surface area (Å²) < 4.78 is 2.17. The largest absolute Gasteiger partial charge is 0.312 e. The lowest BCUT2D eigenvalue weighted by molar-refractivity contribution is 0.237. The van der Waals surface area contributed by atoms with Crippen LogP contribution in [0.25, 0.3) is 0 Å². The molecular formula is C15H29N3. The summed E-state index contributed by atoms with van der Waals surface area (Å²) in [5, 5.41) is 8.28. The molecule has 1 N–H and O–H groups in total. The van der Waals surface area contributed by atoms with Gasteiger partial charge in [-0.15, -0.1) is 0 Å². The fourth-order valence-corrected chi connectivity index (χ4v) is 2.49. The number of hydrogen-bond donors (Lipinski definition) is 1. The minimum Gasteiger partial charge on any atom is -0.312 e. The second-order valence-corrected chi connectivity index (χ2v) is 6.16. The van der Waals surface area contributed by atoms with Crippen molar-refractivity contribution in [1.29, 1.82) is 0 Å². The van der Waals surface area contributed by atoms with Gasteiger partial charge in [-0.2, -0.15) is 5.10 Å². The Morgan fingerprint density at radius 1 is 1.22 bits per heavy atom. The molecule has 1 unspecified atom stereocenters. The van der Waals surface area contributed by atoms with Crippen molar-refractivity contribution in [3.63, 3.8) is 0 Å². The Balaban J connectivity index is 2.94. The van der Waals surface area contributed by atoms with E-state index in [4.69, 9.17) is 5.10 Å². The van der Waals surface area contributed by atoms with Gasteiger partial charge in [0.15, 0.2) is 0 Å². The van der Waals surface area contributed by atoms with E-state index < -0.39 is 0 Å². The van der Waals surface area contributed by atoms with Crippen LogP contribution in [0, 0.1) is 19.3 Å². The van der Waals surface area contributed by atoms with Crippen molar-refractivity contribution in [1.82, 2.24) is 15.1 Å². The standard InChI is InChI=1S/C15H29N3/c1-8-13-11(3)17-18(12(13)4)10-14(16-9-2)15(5,6)7/h14,16H,8-10H2,1-7H3. The van der Waals surface area contributed by atoms with Crippen LogP contribution in [-0.2, 0) is 13.0 Å². The van der Waals surface area contributed by atoms with Crippen molar-refractivity contribution in [2.24, 2.45) is 5.41 Å². The first kappa shape index (κ1) is 15.2. The number of nitrogens with one attached hydrogen (secondary N) is 1. The maximum Gasteiger partial charge on any atom is 0.0628 e. The van der Waals surface area contributed by atoms with Gasteiger partial charge in [0.05, 0.1) is 12.2 Å². The number of likely N-dealkylation sites (N-methyl/N-ethyl adjacent to an activating group) is 1. The molecule has 1 aromatic heterocycles. The van der Waals surface area contributed by atoms with Crippen LogP contribution in [0.5, 0.6) is 0 Å². The first-order valence-corrected chi connectivity index (χ1v) is 7.07. The Hall–Kier alpha value is -0.830. The molecule has 1 atom stereocenters. The first-order chi connectivity index (χ1) is 8.31. The molecule has 0 saturated heterocycles. The van der Waals surface area contributed by atoms with Gasteiger partial charge in [-0.25, -0.2) is 0 Å². The van der Waals surface area contributed by atoms with E-state index in [1.807, 2.05) is 0 Å². The molecule has 104 valence electrons. The van der Waals surface area contributed by atoms with Gasteiger partial charge in [-0.1, -0.05) is 34.6 Å². The van der Waals surface area contributed by atoms with E-state index >= 15 is 0 Å². The van der Waals surface area contributed by atoms with Gasteiger partial charge in [0.1, 0.15) is 0 Å². The Kier molecular flexibility index (Phi) is 4.97. The quantitative estimate of drug-likeness (QED) is 0.871. The minimum absolute atomic E-state index is 0.245. The number of rotatable bonds is 5. The molecule has 1 heterocycles. The third kappa shape index (κ3) is 3.35. The molecule has 0 aliphatic rings. The number of aryl methyl sites for hydroxylation is 1. The van der Waals surface area contributed by atoms with E-state index in [9.17, 15) is 0 Å². The summed E-state index contributed by atoms with van der Waals surface area (Å²) in [7, 11) is 0. The molecule has 0 aliphatic carbocycles. The van der Waals surface area contributed by atoms with E-state index in [2.05, 4.69) is 58.5 Å². The second kappa shape index (κ2) is 5.87. The van der Waals surface area contributed by atoms with Crippen LogP contribution in [0.2, 0.25) is 0 Å². The molecule has 0 amide bonds. The van der Waals surface area contributed by atoms with Crippen LogP contribution >= 0.6 is 0 Å². The topological polar surface area (TPSA) is 29.9 Å². The Bertz CT molecular complexity index is 385. The zero-order valence-corrected chi connectivity index (χ0v) is 13.1. The highest BCUT2D eigenvalue weighted by molar-refractivity contribution is 5.24. The summed E-state index contributed by atoms with van der Waals surface area (Å²) in [6, 6.07) is 0.449. The van der Waals surface area contributed by atoms with Gasteiger partial charge in [-0.3, -0.25) is 4.68 Å². The van der Waals surface area contributed by atoms with Crippen molar-refractivity contribution in [3.05, 3.63) is 17.0 Å². The molecule has 3 heteroatoms. The minimum atomic E-state index is 0.245. The predicted octanol–water partition coefficient (Wildman–Crippen LogP) is 3.09. The van der Waals surface area contributed by atoms with Gasteiger partial charge >= 0.3 is 0 Å². The maximum atomic E-state index is 4.69. The van der Waals surface area contributed by atoms with Gasteiger partial charge in [0, 0.05) is 11.7 Å². The van der Waals surface area contributed by atoms with Crippen molar-refractivity contribution in [2.45, 2.75) is 67.5 Å². The number of hydrogen-bond acceptors (Lipinski definition) is 2. The van der Waals surface area contributed by atoms with Crippen molar-refractivity contribution in [2.75, 3.05) is 6.54 Å². The van der Waals surface area contributed by atoms with Crippen LogP contribution in [0.15, 0.2) is 0 Å². The van der Waals surface area contributed by atoms with E-state index in [1.165, 1.54) is 17.0 Å². The summed E-state index contributed by atoms with van der Waals surface area (Å²) in [5.41, 5.74) is 4.15. The summed E-state index contributed by atoms with van der Waals surface area (Å²) in [6.45, 7) is 17.5. The number of aromatic nitrogens is 2. The van der Waals surface area contributed by atoms with Crippen LogP contribution in [0.3, 0.4) is 0 Å². The normalized spacial score (nSPS) is 13.9. The molecule has 0 aliphatic heterocycles. The van der Waals surface area contributed by atoms with Crippen LogP contribution in [0.1, 0.15) is 51.6 Å². The molecule has 0 saturated carbocycles. The third-order valence-electron chi connectivity index (χ3n) is 3.74. The van der Waals surface area contributed by atoms with E-state index in [0.29, 0.717) is 6.04 Å². The zero-order valence-electron chi connectivity index (χ0n) is 13.1. The summed E-state index contributed by atoms with van der Waals surface area (Å²) in [4.78, 5) is 0. The average molecular weight is 251 g/mol. The molecule has 0 aromatic carbocycles. The monoisotopic (exact) mass is 251 g/mol. The zero-order chi connectivity index (χ0) is 13.9. The maximum absolute atomic E-state index is 4.69. The van der Waals surface area contributed by atoms with Crippen LogP contribution in [0.4, 0.5) is 0 Å². The predicted molar refractivity (Wildman–Crippen MR) is 78.0 cm³/mol. The van der Waals surface area contributed by atoms with Gasteiger partial charge in [0.2, 0.25) is 0 Å². The summed E-state index contributed by atoms with van der Waals surface area (Å²) in [5.74, 6) is 0. The lowest BCUT2D eigenvalue weighted by Gasteiger charge is -2.31. The number of nitrogens with zero attached hydrogens (tertiary/aromatic N) is 2. The van der Waals surface area contributed by atoms with E-state index in [1.54, 1.807) is 0 Å². The molecule has 1 rings (SSSR count). The highest BCUT2D eigenvalue weighted by Gasteiger charge is 2.25. The van der Waals surface area contributed by atoms with Crippen molar-refractivity contribution < 1.29 is 0 Å². The van der Waals surface area contributed by atoms with Crippen molar-refractivity contribution >= 4 is 0 Å². The van der Waals surface area contributed by atoms with Gasteiger partial charge in [-0.05, 0) is 37.8 Å². The molecule has 18 heavy (non-hydrogen) atoms. The van der Waals surface area contributed by atoms with E-state index in [-0.39, 0.29) is 5.41 Å². The summed E-state index contributed by atoms with van der Waals surface area (Å²) in [6.07, 6.45) is 1.07. The lowest BCUT2D eigenvalue weighted by Crippen LogP contribution is -2.43. The molecule has 1 aromatic rings.